The molecule has 0 saturated carbocycles. The zero-order valence-electron chi connectivity index (χ0n) is 16.0. The minimum absolute atomic E-state index is 0.00276. The van der Waals surface area contributed by atoms with Crippen molar-refractivity contribution in [2.45, 2.75) is 20.4 Å². The van der Waals surface area contributed by atoms with E-state index in [1.807, 2.05) is 62.4 Å². The molecule has 0 saturated heterocycles. The van der Waals surface area contributed by atoms with Gasteiger partial charge in [-0.15, -0.1) is 11.8 Å². The molecule has 0 unspecified atom stereocenters. The molecular formula is C21H26N2O3S. The van der Waals surface area contributed by atoms with E-state index in [2.05, 4.69) is 5.32 Å². The summed E-state index contributed by atoms with van der Waals surface area (Å²) in [6.07, 6.45) is 0. The van der Waals surface area contributed by atoms with E-state index in [0.717, 1.165) is 22.6 Å². The summed E-state index contributed by atoms with van der Waals surface area (Å²) in [5.41, 5.74) is 2.95. The predicted octanol–water partition coefficient (Wildman–Crippen LogP) is 3.72. The number of hydrogen-bond donors (Lipinski definition) is 1. The van der Waals surface area contributed by atoms with Crippen molar-refractivity contribution in [2.75, 3.05) is 30.5 Å². The molecule has 2 aromatic carbocycles. The van der Waals surface area contributed by atoms with E-state index >= 15 is 0 Å². The van der Waals surface area contributed by atoms with Gasteiger partial charge >= 0.3 is 0 Å². The number of aryl methyl sites for hydroxylation is 1. The van der Waals surface area contributed by atoms with Crippen molar-refractivity contribution in [3.8, 4) is 5.75 Å². The Bertz CT molecular complexity index is 745. The Morgan fingerprint density at radius 2 is 1.70 bits per heavy atom. The largest absolute Gasteiger partial charge is 0.494 e. The monoisotopic (exact) mass is 386 g/mol. The van der Waals surface area contributed by atoms with Crippen LogP contribution in [0, 0.1) is 6.92 Å². The SMILES string of the molecule is CCOc1ccc(CN(C)C(=O)CSCC(=O)Nc2ccc(C)cc2)cc1. The first-order chi connectivity index (χ1) is 13.0. The third kappa shape index (κ3) is 7.35. The van der Waals surface area contributed by atoms with Gasteiger partial charge in [-0.2, -0.15) is 0 Å². The number of nitrogens with zero attached hydrogens (tertiary/aromatic N) is 1. The highest BCUT2D eigenvalue weighted by molar-refractivity contribution is 8.00. The van der Waals surface area contributed by atoms with Crippen molar-refractivity contribution >= 4 is 29.3 Å². The first kappa shape index (κ1) is 20.8. The third-order valence-corrected chi connectivity index (χ3v) is 4.79. The number of anilines is 1. The molecule has 144 valence electrons. The van der Waals surface area contributed by atoms with E-state index in [0.29, 0.717) is 13.2 Å². The fourth-order valence-corrected chi connectivity index (χ4v) is 3.15. The molecule has 0 bridgehead atoms. The van der Waals surface area contributed by atoms with Gasteiger partial charge in [0.1, 0.15) is 5.75 Å². The number of ether oxygens (including phenoxy) is 1. The van der Waals surface area contributed by atoms with Crippen LogP contribution in [-0.2, 0) is 16.1 Å². The van der Waals surface area contributed by atoms with Crippen LogP contribution in [0.5, 0.6) is 5.75 Å². The van der Waals surface area contributed by atoms with Crippen LogP contribution < -0.4 is 10.1 Å². The number of carbonyl (C=O) groups excluding carboxylic acids is 2. The summed E-state index contributed by atoms with van der Waals surface area (Å²) >= 11 is 1.32. The first-order valence-corrected chi connectivity index (χ1v) is 10.0. The molecule has 0 atom stereocenters. The first-order valence-electron chi connectivity index (χ1n) is 8.88. The Morgan fingerprint density at radius 3 is 2.33 bits per heavy atom. The lowest BCUT2D eigenvalue weighted by Gasteiger charge is -2.17. The lowest BCUT2D eigenvalue weighted by molar-refractivity contribution is -0.127. The highest BCUT2D eigenvalue weighted by Crippen LogP contribution is 2.14. The van der Waals surface area contributed by atoms with Gasteiger partial charge in [-0.1, -0.05) is 29.8 Å². The average molecular weight is 387 g/mol. The fraction of sp³-hybridized carbons (Fsp3) is 0.333. The molecule has 0 spiro atoms. The number of rotatable bonds is 9. The highest BCUT2D eigenvalue weighted by Gasteiger charge is 2.11. The number of amides is 2. The molecule has 0 heterocycles. The third-order valence-electron chi connectivity index (χ3n) is 3.87. The lowest BCUT2D eigenvalue weighted by atomic mass is 10.2. The normalized spacial score (nSPS) is 10.3. The second-order valence-corrected chi connectivity index (χ2v) is 7.22. The minimum atomic E-state index is -0.106. The molecule has 1 N–H and O–H groups in total. The molecule has 0 aliphatic carbocycles. The standard InChI is InChI=1S/C21H26N2O3S/c1-4-26-19-11-7-17(8-12-19)13-23(3)21(25)15-27-14-20(24)22-18-9-5-16(2)6-10-18/h5-12H,4,13-15H2,1-3H3,(H,22,24). The average Bonchev–Trinajstić information content (AvgIpc) is 2.65. The van der Waals surface area contributed by atoms with Gasteiger partial charge in [-0.05, 0) is 43.7 Å². The predicted molar refractivity (Wildman–Crippen MR) is 111 cm³/mol. The van der Waals surface area contributed by atoms with Crippen LogP contribution in [0.25, 0.3) is 0 Å². The zero-order chi connectivity index (χ0) is 19.6. The number of carbonyl (C=O) groups is 2. The van der Waals surface area contributed by atoms with Crippen LogP contribution >= 0.6 is 11.8 Å². The quantitative estimate of drug-likeness (QED) is 0.713. The lowest BCUT2D eigenvalue weighted by Crippen LogP contribution is -2.28. The van der Waals surface area contributed by atoms with Crippen LogP contribution in [-0.4, -0.2) is 41.9 Å². The molecule has 0 aromatic heterocycles. The number of benzene rings is 2. The van der Waals surface area contributed by atoms with Crippen LogP contribution in [0.1, 0.15) is 18.1 Å². The van der Waals surface area contributed by atoms with Gasteiger partial charge in [0.15, 0.2) is 0 Å². The summed E-state index contributed by atoms with van der Waals surface area (Å²) in [5.74, 6) is 1.24. The van der Waals surface area contributed by atoms with E-state index in [-0.39, 0.29) is 23.3 Å². The van der Waals surface area contributed by atoms with Crippen LogP contribution in [0.2, 0.25) is 0 Å². The molecule has 0 aliphatic rings. The minimum Gasteiger partial charge on any atom is -0.494 e. The summed E-state index contributed by atoms with van der Waals surface area (Å²) in [5, 5.41) is 2.83. The molecule has 0 radical (unpaired) electrons. The molecule has 2 amide bonds. The molecule has 27 heavy (non-hydrogen) atoms. The van der Waals surface area contributed by atoms with Gasteiger partial charge in [-0.3, -0.25) is 9.59 Å². The van der Waals surface area contributed by atoms with Crippen molar-refractivity contribution < 1.29 is 14.3 Å². The molecule has 0 aliphatic heterocycles. The Kier molecular flexibility index (Phi) is 8.20. The van der Waals surface area contributed by atoms with Gasteiger partial charge in [0.05, 0.1) is 18.1 Å². The van der Waals surface area contributed by atoms with Gasteiger partial charge in [0.25, 0.3) is 0 Å². The number of hydrogen-bond acceptors (Lipinski definition) is 4. The maximum atomic E-state index is 12.2. The van der Waals surface area contributed by atoms with E-state index < -0.39 is 0 Å². The molecule has 2 aromatic rings. The maximum absolute atomic E-state index is 12.2. The molecule has 0 fully saturated rings. The van der Waals surface area contributed by atoms with Gasteiger partial charge < -0.3 is 15.0 Å². The van der Waals surface area contributed by atoms with E-state index in [4.69, 9.17) is 4.74 Å². The second-order valence-electron chi connectivity index (χ2n) is 6.23. The Morgan fingerprint density at radius 1 is 1.04 bits per heavy atom. The fourth-order valence-electron chi connectivity index (χ4n) is 2.39. The summed E-state index contributed by atoms with van der Waals surface area (Å²) in [7, 11) is 1.77. The van der Waals surface area contributed by atoms with E-state index in [1.54, 1.807) is 11.9 Å². The second kappa shape index (κ2) is 10.6. The molecular weight excluding hydrogens is 360 g/mol. The van der Waals surface area contributed by atoms with Crippen LogP contribution in [0.4, 0.5) is 5.69 Å². The smallest absolute Gasteiger partial charge is 0.234 e. The van der Waals surface area contributed by atoms with Crippen molar-refractivity contribution in [1.82, 2.24) is 4.90 Å². The molecule has 6 heteroatoms. The van der Waals surface area contributed by atoms with E-state index in [1.165, 1.54) is 11.8 Å². The highest BCUT2D eigenvalue weighted by atomic mass is 32.2. The number of thioether (sulfide) groups is 1. The summed E-state index contributed by atoms with van der Waals surface area (Å²) in [4.78, 5) is 25.9. The molecule has 5 nitrogen and oxygen atoms in total. The molecule has 2 rings (SSSR count). The number of nitrogens with one attached hydrogen (secondary N) is 1. The van der Waals surface area contributed by atoms with Crippen LogP contribution in [0.15, 0.2) is 48.5 Å². The van der Waals surface area contributed by atoms with Crippen molar-refractivity contribution in [1.29, 1.82) is 0 Å². The summed E-state index contributed by atoms with van der Waals surface area (Å²) in [6, 6.07) is 15.3. The Labute approximate surface area is 165 Å². The van der Waals surface area contributed by atoms with E-state index in [9.17, 15) is 9.59 Å². The van der Waals surface area contributed by atoms with Crippen molar-refractivity contribution in [2.24, 2.45) is 0 Å². The maximum Gasteiger partial charge on any atom is 0.234 e. The summed E-state index contributed by atoms with van der Waals surface area (Å²) in [6.45, 7) is 5.10. The van der Waals surface area contributed by atoms with Gasteiger partial charge in [0, 0.05) is 19.3 Å². The van der Waals surface area contributed by atoms with Crippen molar-refractivity contribution in [3.05, 3.63) is 59.7 Å². The van der Waals surface area contributed by atoms with Crippen LogP contribution in [0.3, 0.4) is 0 Å². The van der Waals surface area contributed by atoms with Crippen molar-refractivity contribution in [3.63, 3.8) is 0 Å². The zero-order valence-corrected chi connectivity index (χ0v) is 16.8. The summed E-state index contributed by atoms with van der Waals surface area (Å²) < 4.78 is 5.42. The topological polar surface area (TPSA) is 58.6 Å². The Balaban J connectivity index is 1.71. The van der Waals surface area contributed by atoms with Gasteiger partial charge in [0.2, 0.25) is 11.8 Å². The van der Waals surface area contributed by atoms with Gasteiger partial charge in [-0.25, -0.2) is 0 Å². The Hall–Kier alpha value is -2.47.